The van der Waals surface area contributed by atoms with E-state index in [0.717, 1.165) is 17.7 Å². The Balaban J connectivity index is 1.82. The lowest BCUT2D eigenvalue weighted by atomic mass is 10.00. The fourth-order valence-corrected chi connectivity index (χ4v) is 2.93. The number of nitrogens with two attached hydrogens (primary N) is 1. The third-order valence-electron chi connectivity index (χ3n) is 4.40. The van der Waals surface area contributed by atoms with Crippen LogP contribution in [0.5, 0.6) is 5.88 Å². The molecule has 0 fully saturated rings. The number of methoxy groups -OCH3 is 1. The molecular formula is C20H14F2N4O2. The van der Waals surface area contributed by atoms with Crippen LogP contribution in [0.1, 0.15) is 15.9 Å². The second-order valence-electron chi connectivity index (χ2n) is 6.07. The largest absolute Gasteiger partial charge is 0.481 e. The Morgan fingerprint density at radius 3 is 2.61 bits per heavy atom. The van der Waals surface area contributed by atoms with Crippen molar-refractivity contribution in [1.82, 2.24) is 15.0 Å². The molecule has 0 saturated heterocycles. The highest BCUT2D eigenvalue weighted by Crippen LogP contribution is 2.28. The van der Waals surface area contributed by atoms with Crippen molar-refractivity contribution >= 4 is 22.5 Å². The van der Waals surface area contributed by atoms with Gasteiger partial charge in [0.05, 0.1) is 18.4 Å². The van der Waals surface area contributed by atoms with Gasteiger partial charge in [0.1, 0.15) is 11.5 Å². The number of carbonyl (C=O) groups excluding carboxylic acids is 1. The van der Waals surface area contributed by atoms with Crippen LogP contribution in [-0.2, 0) is 0 Å². The number of ether oxygens (including phenoxy) is 1. The lowest BCUT2D eigenvalue weighted by molar-refractivity contribution is 0.103. The number of nitrogens with one attached hydrogen (secondary N) is 1. The molecule has 0 radical (unpaired) electrons. The van der Waals surface area contributed by atoms with Gasteiger partial charge < -0.3 is 15.5 Å². The van der Waals surface area contributed by atoms with Crippen molar-refractivity contribution in [3.05, 3.63) is 71.7 Å². The Kier molecular flexibility index (Phi) is 4.23. The van der Waals surface area contributed by atoms with Crippen molar-refractivity contribution in [2.45, 2.75) is 0 Å². The number of hydrogen-bond donors (Lipinski definition) is 2. The molecule has 28 heavy (non-hydrogen) atoms. The van der Waals surface area contributed by atoms with Gasteiger partial charge in [-0.2, -0.15) is 0 Å². The number of aromatic amines is 1. The number of pyridine rings is 2. The predicted molar refractivity (Wildman–Crippen MR) is 100 cm³/mol. The van der Waals surface area contributed by atoms with Crippen molar-refractivity contribution in [3.8, 4) is 17.0 Å². The van der Waals surface area contributed by atoms with Gasteiger partial charge in [-0.15, -0.1) is 0 Å². The number of fused-ring (bicyclic) bond motifs is 1. The molecule has 0 amide bonds. The molecule has 0 bridgehead atoms. The summed E-state index contributed by atoms with van der Waals surface area (Å²) in [6.07, 6.45) is 4.59. The predicted octanol–water partition coefficient (Wildman–Crippen LogP) is 3.72. The summed E-state index contributed by atoms with van der Waals surface area (Å²) in [5.74, 6) is -2.42. The number of hydrogen-bond acceptors (Lipinski definition) is 5. The average Bonchev–Trinajstić information content (AvgIpc) is 3.14. The van der Waals surface area contributed by atoms with E-state index in [9.17, 15) is 13.6 Å². The lowest BCUT2D eigenvalue weighted by Crippen LogP contribution is -2.09. The van der Waals surface area contributed by atoms with Gasteiger partial charge in [-0.1, -0.05) is 0 Å². The van der Waals surface area contributed by atoms with E-state index in [1.165, 1.54) is 13.3 Å². The van der Waals surface area contributed by atoms with Gasteiger partial charge in [0, 0.05) is 46.7 Å². The molecule has 0 spiro atoms. The molecule has 3 N–H and O–H groups in total. The fraction of sp³-hybridized carbons (Fsp3) is 0.0500. The number of benzene rings is 1. The Morgan fingerprint density at radius 1 is 1.11 bits per heavy atom. The summed E-state index contributed by atoms with van der Waals surface area (Å²) in [6, 6.07) is 7.23. The van der Waals surface area contributed by atoms with E-state index in [2.05, 4.69) is 15.0 Å². The molecule has 0 aliphatic rings. The Hall–Kier alpha value is -3.81. The normalized spacial score (nSPS) is 11.0. The second kappa shape index (κ2) is 6.73. The van der Waals surface area contributed by atoms with Gasteiger partial charge in [0.25, 0.3) is 0 Å². The third-order valence-corrected chi connectivity index (χ3v) is 4.40. The van der Waals surface area contributed by atoms with E-state index >= 15 is 0 Å². The van der Waals surface area contributed by atoms with E-state index in [-0.39, 0.29) is 11.3 Å². The minimum Gasteiger partial charge on any atom is -0.481 e. The standard InChI is InChI=1S/C20H14F2N4O2/c1-28-16-5-2-10(7-24-16)11-6-12-13(9-26-20(12)25-8-11)19(27)17-14(21)3-4-15(23)18(17)22/h2-9H,23H2,1H3,(H,25,26). The van der Waals surface area contributed by atoms with Crippen LogP contribution >= 0.6 is 0 Å². The van der Waals surface area contributed by atoms with Crippen LogP contribution in [0, 0.1) is 11.6 Å². The summed E-state index contributed by atoms with van der Waals surface area (Å²) >= 11 is 0. The zero-order valence-corrected chi connectivity index (χ0v) is 14.7. The molecule has 6 nitrogen and oxygen atoms in total. The van der Waals surface area contributed by atoms with Crippen molar-refractivity contribution in [3.63, 3.8) is 0 Å². The molecule has 3 aromatic heterocycles. The van der Waals surface area contributed by atoms with Gasteiger partial charge in [-0.3, -0.25) is 4.79 Å². The van der Waals surface area contributed by atoms with Crippen molar-refractivity contribution in [2.75, 3.05) is 12.8 Å². The molecule has 8 heteroatoms. The SMILES string of the molecule is COc1ccc(-c2cnc3[nH]cc(C(=O)c4c(F)ccc(N)c4F)c3c2)cn1. The van der Waals surface area contributed by atoms with E-state index in [1.807, 2.05) is 0 Å². The van der Waals surface area contributed by atoms with Crippen molar-refractivity contribution < 1.29 is 18.3 Å². The lowest BCUT2D eigenvalue weighted by Gasteiger charge is -2.06. The molecule has 4 rings (SSSR count). The molecule has 0 aliphatic carbocycles. The van der Waals surface area contributed by atoms with Crippen molar-refractivity contribution in [2.24, 2.45) is 0 Å². The molecule has 0 atom stereocenters. The van der Waals surface area contributed by atoms with Crippen LogP contribution in [-0.4, -0.2) is 27.8 Å². The third kappa shape index (κ3) is 2.84. The topological polar surface area (TPSA) is 93.9 Å². The number of H-pyrrole nitrogens is 1. The van der Waals surface area contributed by atoms with Crippen molar-refractivity contribution in [1.29, 1.82) is 0 Å². The number of aromatic nitrogens is 3. The zero-order valence-electron chi connectivity index (χ0n) is 14.7. The molecule has 3 heterocycles. The Bertz CT molecular complexity index is 1200. The zero-order chi connectivity index (χ0) is 19.8. The maximum Gasteiger partial charge on any atom is 0.212 e. The number of ketones is 1. The highest BCUT2D eigenvalue weighted by atomic mass is 19.1. The van der Waals surface area contributed by atoms with Crippen LogP contribution in [0.4, 0.5) is 14.5 Å². The maximum atomic E-state index is 14.3. The highest BCUT2D eigenvalue weighted by molar-refractivity contribution is 6.16. The Labute approximate surface area is 158 Å². The number of nitrogen functional groups attached to an aromatic ring is 1. The van der Waals surface area contributed by atoms with Crippen LogP contribution < -0.4 is 10.5 Å². The summed E-state index contributed by atoms with van der Waals surface area (Å²) < 4.78 is 33.5. The van der Waals surface area contributed by atoms with Crippen LogP contribution in [0.15, 0.2) is 48.9 Å². The van der Waals surface area contributed by atoms with E-state index in [4.69, 9.17) is 10.5 Å². The number of nitrogens with zero attached hydrogens (tertiary/aromatic N) is 2. The first-order valence-corrected chi connectivity index (χ1v) is 8.25. The van der Waals surface area contributed by atoms with Crippen LogP contribution in [0.25, 0.3) is 22.2 Å². The van der Waals surface area contributed by atoms with Gasteiger partial charge in [-0.05, 0) is 24.3 Å². The first-order chi connectivity index (χ1) is 13.5. The smallest absolute Gasteiger partial charge is 0.212 e. The first kappa shape index (κ1) is 17.6. The minimum absolute atomic E-state index is 0.0919. The van der Waals surface area contributed by atoms with E-state index in [0.29, 0.717) is 22.5 Å². The average molecular weight is 380 g/mol. The summed E-state index contributed by atoms with van der Waals surface area (Å²) in [5.41, 5.74) is 6.43. The van der Waals surface area contributed by atoms with Gasteiger partial charge in [0.15, 0.2) is 5.82 Å². The molecule has 0 aliphatic heterocycles. The molecule has 4 aromatic rings. The molecule has 140 valence electrons. The van der Waals surface area contributed by atoms with Gasteiger partial charge >= 0.3 is 0 Å². The summed E-state index contributed by atoms with van der Waals surface area (Å²) in [4.78, 5) is 24.1. The number of rotatable bonds is 4. The number of carbonyl (C=O) groups is 1. The first-order valence-electron chi connectivity index (χ1n) is 8.25. The quantitative estimate of drug-likeness (QED) is 0.416. The van der Waals surface area contributed by atoms with Crippen LogP contribution in [0.2, 0.25) is 0 Å². The number of halogens is 2. The number of anilines is 1. The van der Waals surface area contributed by atoms with Crippen LogP contribution in [0.3, 0.4) is 0 Å². The monoisotopic (exact) mass is 380 g/mol. The van der Waals surface area contributed by atoms with Gasteiger partial charge in [-0.25, -0.2) is 18.7 Å². The van der Waals surface area contributed by atoms with E-state index in [1.54, 1.807) is 30.6 Å². The van der Waals surface area contributed by atoms with E-state index < -0.39 is 23.0 Å². The second-order valence-corrected chi connectivity index (χ2v) is 6.07. The summed E-state index contributed by atoms with van der Waals surface area (Å²) in [6.45, 7) is 0. The minimum atomic E-state index is -1.08. The molecule has 0 saturated carbocycles. The summed E-state index contributed by atoms with van der Waals surface area (Å²) in [7, 11) is 1.52. The molecule has 1 aromatic carbocycles. The highest BCUT2D eigenvalue weighted by Gasteiger charge is 2.24. The Morgan fingerprint density at radius 2 is 1.89 bits per heavy atom. The summed E-state index contributed by atoms with van der Waals surface area (Å²) in [5, 5.41) is 0.430. The molecular weight excluding hydrogens is 366 g/mol. The van der Waals surface area contributed by atoms with Gasteiger partial charge in [0.2, 0.25) is 11.7 Å². The molecule has 0 unspecified atom stereocenters. The fourth-order valence-electron chi connectivity index (χ4n) is 2.93. The maximum absolute atomic E-state index is 14.3.